The molecule has 1 unspecified atom stereocenters. The van der Waals surface area contributed by atoms with Gasteiger partial charge in [-0.2, -0.15) is 0 Å². The number of rotatable bonds is 8. The highest BCUT2D eigenvalue weighted by Crippen LogP contribution is 2.20. The number of phenolic OH excluding ortho intramolecular Hbond substituents is 1. The van der Waals surface area contributed by atoms with Gasteiger partial charge >= 0.3 is 0 Å². The molecule has 0 aliphatic heterocycles. The van der Waals surface area contributed by atoms with E-state index in [0.717, 1.165) is 32.2 Å². The number of benzene rings is 1. The van der Waals surface area contributed by atoms with E-state index in [4.69, 9.17) is 0 Å². The van der Waals surface area contributed by atoms with Crippen molar-refractivity contribution < 1.29 is 9.90 Å². The second-order valence-corrected chi connectivity index (χ2v) is 5.45. The van der Waals surface area contributed by atoms with Crippen LogP contribution in [0.5, 0.6) is 5.75 Å². The molecule has 4 nitrogen and oxygen atoms in total. The molecule has 0 radical (unpaired) electrons. The average molecular weight is 276 g/mol. The lowest BCUT2D eigenvalue weighted by Crippen LogP contribution is -2.27. The van der Waals surface area contributed by atoms with Gasteiger partial charge in [0.2, 0.25) is 5.91 Å². The summed E-state index contributed by atoms with van der Waals surface area (Å²) in [6.07, 6.45) is 4.72. The maximum absolute atomic E-state index is 11.5. The number of nitrogens with one attached hydrogen (secondary N) is 2. The quantitative estimate of drug-likeness (QED) is 0.639. The summed E-state index contributed by atoms with van der Waals surface area (Å²) in [6.45, 7) is 2.96. The fraction of sp³-hybridized carbons (Fsp3) is 0.562. The van der Waals surface area contributed by atoms with Gasteiger partial charge in [-0.1, -0.05) is 19.1 Å². The minimum Gasteiger partial charge on any atom is -0.508 e. The van der Waals surface area contributed by atoms with E-state index in [2.05, 4.69) is 17.6 Å². The summed E-state index contributed by atoms with van der Waals surface area (Å²) < 4.78 is 0. The van der Waals surface area contributed by atoms with Gasteiger partial charge in [0.1, 0.15) is 5.75 Å². The lowest BCUT2D eigenvalue weighted by atomic mass is 10.0. The largest absolute Gasteiger partial charge is 0.508 e. The molecule has 3 N–H and O–H groups in total. The first-order valence-corrected chi connectivity index (χ1v) is 7.50. The van der Waals surface area contributed by atoms with Crippen LogP contribution in [0, 0.1) is 0 Å². The monoisotopic (exact) mass is 276 g/mol. The van der Waals surface area contributed by atoms with Crippen LogP contribution in [0.3, 0.4) is 0 Å². The van der Waals surface area contributed by atoms with Crippen molar-refractivity contribution in [2.75, 3.05) is 6.54 Å². The Morgan fingerprint density at radius 2 is 2.05 bits per heavy atom. The lowest BCUT2D eigenvalue weighted by Gasteiger charge is -2.17. The SMILES string of the molecule is CCC(NCCCC(=O)NC1CC1)c1ccc(O)cc1. The Hall–Kier alpha value is -1.55. The molecular formula is C16H24N2O2. The van der Waals surface area contributed by atoms with Gasteiger partial charge in [0.25, 0.3) is 0 Å². The maximum atomic E-state index is 11.5. The highest BCUT2D eigenvalue weighted by Gasteiger charge is 2.22. The van der Waals surface area contributed by atoms with Gasteiger partial charge in [0.05, 0.1) is 0 Å². The van der Waals surface area contributed by atoms with Crippen LogP contribution < -0.4 is 10.6 Å². The van der Waals surface area contributed by atoms with Crippen molar-refractivity contribution in [1.29, 1.82) is 0 Å². The fourth-order valence-corrected chi connectivity index (χ4v) is 2.26. The first kappa shape index (κ1) is 14.9. The molecule has 1 saturated carbocycles. The van der Waals surface area contributed by atoms with Crippen LogP contribution in [0.2, 0.25) is 0 Å². The predicted octanol–water partition coefficient (Wildman–Crippen LogP) is 2.49. The molecule has 20 heavy (non-hydrogen) atoms. The Morgan fingerprint density at radius 1 is 1.35 bits per heavy atom. The average Bonchev–Trinajstić information content (AvgIpc) is 3.24. The van der Waals surface area contributed by atoms with E-state index in [9.17, 15) is 9.90 Å². The molecule has 110 valence electrons. The molecule has 0 bridgehead atoms. The summed E-state index contributed by atoms with van der Waals surface area (Å²) in [6, 6.07) is 8.04. The van der Waals surface area contributed by atoms with Crippen molar-refractivity contribution in [1.82, 2.24) is 10.6 Å². The van der Waals surface area contributed by atoms with Gasteiger partial charge < -0.3 is 15.7 Å². The van der Waals surface area contributed by atoms with Crippen molar-refractivity contribution in [2.45, 2.75) is 51.1 Å². The molecule has 2 rings (SSSR count). The Kier molecular flexibility index (Phi) is 5.41. The zero-order valence-corrected chi connectivity index (χ0v) is 12.1. The molecular weight excluding hydrogens is 252 g/mol. The highest BCUT2D eigenvalue weighted by molar-refractivity contribution is 5.76. The standard InChI is InChI=1S/C16H24N2O2/c1-2-15(12-5-9-14(19)10-6-12)17-11-3-4-16(20)18-13-7-8-13/h5-6,9-10,13,15,17,19H,2-4,7-8,11H2,1H3,(H,18,20). The number of carbonyl (C=O) groups is 1. The van der Waals surface area contributed by atoms with Crippen molar-refractivity contribution >= 4 is 5.91 Å². The van der Waals surface area contributed by atoms with Crippen LogP contribution in [0.25, 0.3) is 0 Å². The molecule has 0 spiro atoms. The Balaban J connectivity index is 1.67. The smallest absolute Gasteiger partial charge is 0.220 e. The van der Waals surface area contributed by atoms with E-state index in [1.54, 1.807) is 12.1 Å². The Labute approximate surface area is 120 Å². The van der Waals surface area contributed by atoms with Crippen molar-refractivity contribution in [3.63, 3.8) is 0 Å². The van der Waals surface area contributed by atoms with E-state index < -0.39 is 0 Å². The minimum atomic E-state index is 0.173. The Bertz CT molecular complexity index is 427. The van der Waals surface area contributed by atoms with Gasteiger partial charge in [0, 0.05) is 18.5 Å². The van der Waals surface area contributed by atoms with Crippen molar-refractivity contribution in [2.24, 2.45) is 0 Å². The summed E-state index contributed by atoms with van der Waals surface area (Å²) in [4.78, 5) is 11.5. The summed E-state index contributed by atoms with van der Waals surface area (Å²) in [5.74, 6) is 0.465. The van der Waals surface area contributed by atoms with Crippen LogP contribution >= 0.6 is 0 Å². The lowest BCUT2D eigenvalue weighted by molar-refractivity contribution is -0.121. The van der Waals surface area contributed by atoms with Crippen LogP contribution in [-0.2, 0) is 4.79 Å². The number of phenols is 1. The topological polar surface area (TPSA) is 61.4 Å². The first-order valence-electron chi connectivity index (χ1n) is 7.50. The molecule has 1 amide bonds. The minimum absolute atomic E-state index is 0.173. The zero-order valence-electron chi connectivity index (χ0n) is 12.1. The fourth-order valence-electron chi connectivity index (χ4n) is 2.26. The van der Waals surface area contributed by atoms with Gasteiger partial charge in [-0.05, 0) is 49.9 Å². The number of hydrogen-bond acceptors (Lipinski definition) is 3. The zero-order chi connectivity index (χ0) is 14.4. The third-order valence-corrected chi connectivity index (χ3v) is 3.62. The Morgan fingerprint density at radius 3 is 2.65 bits per heavy atom. The summed E-state index contributed by atoms with van der Waals surface area (Å²) >= 11 is 0. The first-order chi connectivity index (χ1) is 9.69. The van der Waals surface area contributed by atoms with Crippen LogP contribution in [0.15, 0.2) is 24.3 Å². The molecule has 1 aromatic rings. The van der Waals surface area contributed by atoms with Crippen LogP contribution in [0.1, 0.15) is 50.6 Å². The maximum Gasteiger partial charge on any atom is 0.220 e. The van der Waals surface area contributed by atoms with E-state index in [0.29, 0.717) is 18.2 Å². The summed E-state index contributed by atoms with van der Waals surface area (Å²) in [7, 11) is 0. The molecule has 1 atom stereocenters. The highest BCUT2D eigenvalue weighted by atomic mass is 16.3. The number of carbonyl (C=O) groups excluding carboxylic acids is 1. The van der Waals surface area contributed by atoms with Gasteiger partial charge in [-0.3, -0.25) is 4.79 Å². The molecule has 1 fully saturated rings. The molecule has 1 aliphatic rings. The molecule has 0 saturated heterocycles. The normalized spacial score (nSPS) is 15.8. The van der Waals surface area contributed by atoms with Crippen molar-refractivity contribution in [3.05, 3.63) is 29.8 Å². The third kappa shape index (κ3) is 4.85. The van der Waals surface area contributed by atoms with Gasteiger partial charge in [-0.15, -0.1) is 0 Å². The molecule has 0 heterocycles. The van der Waals surface area contributed by atoms with Crippen LogP contribution in [-0.4, -0.2) is 23.6 Å². The van der Waals surface area contributed by atoms with Gasteiger partial charge in [-0.25, -0.2) is 0 Å². The van der Waals surface area contributed by atoms with Crippen molar-refractivity contribution in [3.8, 4) is 5.75 Å². The summed E-state index contributed by atoms with van der Waals surface area (Å²) in [5.41, 5.74) is 1.17. The number of hydrogen-bond donors (Lipinski definition) is 3. The third-order valence-electron chi connectivity index (χ3n) is 3.62. The number of aromatic hydroxyl groups is 1. The summed E-state index contributed by atoms with van der Waals surface area (Å²) in [5, 5.41) is 15.8. The molecule has 0 aromatic heterocycles. The van der Waals surface area contributed by atoms with E-state index >= 15 is 0 Å². The van der Waals surface area contributed by atoms with E-state index in [-0.39, 0.29) is 11.9 Å². The predicted molar refractivity (Wildman–Crippen MR) is 79.5 cm³/mol. The molecule has 1 aliphatic carbocycles. The number of amides is 1. The van der Waals surface area contributed by atoms with E-state index in [1.165, 1.54) is 5.56 Å². The van der Waals surface area contributed by atoms with Crippen LogP contribution in [0.4, 0.5) is 0 Å². The second kappa shape index (κ2) is 7.29. The van der Waals surface area contributed by atoms with Gasteiger partial charge in [0.15, 0.2) is 0 Å². The molecule has 4 heteroatoms. The molecule has 1 aromatic carbocycles. The second-order valence-electron chi connectivity index (χ2n) is 5.45. The van der Waals surface area contributed by atoms with E-state index in [1.807, 2.05) is 12.1 Å².